The number of aryl methyl sites for hydroxylation is 1. The van der Waals surface area contributed by atoms with Gasteiger partial charge in [0.25, 0.3) is 0 Å². The summed E-state index contributed by atoms with van der Waals surface area (Å²) >= 11 is 0. The average Bonchev–Trinajstić information content (AvgIpc) is 2.32. The second-order valence-corrected chi connectivity index (χ2v) is 5.70. The van der Waals surface area contributed by atoms with Crippen molar-refractivity contribution in [3.8, 4) is 0 Å². The van der Waals surface area contributed by atoms with Gasteiger partial charge in [0.15, 0.2) is 0 Å². The van der Waals surface area contributed by atoms with Crippen molar-refractivity contribution >= 4 is 0 Å². The molecule has 94 valence electrons. The standard InChI is InChI=1S/C16H25N/c1-12-8-9-16(17-3)15(10-12)11-14-7-5-4-6-13(14)2/h4-7,12,15-17H,8-11H2,1-3H3. The van der Waals surface area contributed by atoms with Gasteiger partial charge in [0.1, 0.15) is 0 Å². The molecule has 1 N–H and O–H groups in total. The van der Waals surface area contributed by atoms with E-state index in [1.165, 1.54) is 36.8 Å². The molecule has 1 aromatic carbocycles. The highest BCUT2D eigenvalue weighted by molar-refractivity contribution is 5.26. The first-order valence-corrected chi connectivity index (χ1v) is 6.92. The van der Waals surface area contributed by atoms with E-state index in [4.69, 9.17) is 0 Å². The fourth-order valence-corrected chi connectivity index (χ4v) is 3.23. The van der Waals surface area contributed by atoms with Crippen LogP contribution in [0.15, 0.2) is 24.3 Å². The maximum atomic E-state index is 3.51. The maximum Gasteiger partial charge on any atom is 0.00957 e. The van der Waals surface area contributed by atoms with Gasteiger partial charge in [-0.1, -0.05) is 31.2 Å². The van der Waals surface area contributed by atoms with E-state index in [9.17, 15) is 0 Å². The summed E-state index contributed by atoms with van der Waals surface area (Å²) in [7, 11) is 2.12. The predicted octanol–water partition coefficient (Wildman–Crippen LogP) is 3.56. The van der Waals surface area contributed by atoms with Gasteiger partial charge in [0, 0.05) is 6.04 Å². The SMILES string of the molecule is CNC1CCC(C)CC1Cc1ccccc1C. The highest BCUT2D eigenvalue weighted by Crippen LogP contribution is 2.31. The molecular formula is C16H25N. The van der Waals surface area contributed by atoms with Crippen LogP contribution in [0.2, 0.25) is 0 Å². The van der Waals surface area contributed by atoms with Gasteiger partial charge < -0.3 is 5.32 Å². The van der Waals surface area contributed by atoms with Crippen LogP contribution >= 0.6 is 0 Å². The highest BCUT2D eigenvalue weighted by atomic mass is 14.9. The molecule has 1 aromatic rings. The van der Waals surface area contributed by atoms with Crippen LogP contribution < -0.4 is 5.32 Å². The normalized spacial score (nSPS) is 29.2. The molecule has 1 nitrogen and oxygen atoms in total. The van der Waals surface area contributed by atoms with Gasteiger partial charge in [0.2, 0.25) is 0 Å². The molecule has 0 spiro atoms. The van der Waals surface area contributed by atoms with Gasteiger partial charge in [-0.2, -0.15) is 0 Å². The minimum Gasteiger partial charge on any atom is -0.317 e. The molecular weight excluding hydrogens is 206 g/mol. The van der Waals surface area contributed by atoms with E-state index < -0.39 is 0 Å². The molecule has 1 heteroatoms. The molecule has 0 saturated heterocycles. The summed E-state index contributed by atoms with van der Waals surface area (Å²) in [4.78, 5) is 0. The van der Waals surface area contributed by atoms with E-state index in [-0.39, 0.29) is 0 Å². The quantitative estimate of drug-likeness (QED) is 0.838. The summed E-state index contributed by atoms with van der Waals surface area (Å²) in [5.41, 5.74) is 2.98. The first-order chi connectivity index (χ1) is 8.20. The summed E-state index contributed by atoms with van der Waals surface area (Å²) in [6.45, 7) is 4.63. The maximum absolute atomic E-state index is 3.51. The van der Waals surface area contributed by atoms with E-state index in [1.807, 2.05) is 0 Å². The van der Waals surface area contributed by atoms with Crippen molar-refractivity contribution in [2.75, 3.05) is 7.05 Å². The Hall–Kier alpha value is -0.820. The number of hydrogen-bond acceptors (Lipinski definition) is 1. The van der Waals surface area contributed by atoms with Gasteiger partial charge in [-0.25, -0.2) is 0 Å². The second-order valence-electron chi connectivity index (χ2n) is 5.70. The van der Waals surface area contributed by atoms with Crippen LogP contribution in [0.1, 0.15) is 37.3 Å². The lowest BCUT2D eigenvalue weighted by molar-refractivity contribution is 0.220. The summed E-state index contributed by atoms with van der Waals surface area (Å²) in [6.07, 6.45) is 5.34. The van der Waals surface area contributed by atoms with E-state index in [1.54, 1.807) is 0 Å². The molecule has 0 aromatic heterocycles. The molecule has 1 fully saturated rings. The Labute approximate surface area is 106 Å². The lowest BCUT2D eigenvalue weighted by Gasteiger charge is -2.35. The summed E-state index contributed by atoms with van der Waals surface area (Å²) in [6, 6.07) is 9.55. The van der Waals surface area contributed by atoms with Gasteiger partial charge >= 0.3 is 0 Å². The van der Waals surface area contributed by atoms with Crippen molar-refractivity contribution in [1.29, 1.82) is 0 Å². The molecule has 0 radical (unpaired) electrons. The molecule has 1 saturated carbocycles. The van der Waals surface area contributed by atoms with Gasteiger partial charge in [-0.3, -0.25) is 0 Å². The molecule has 1 aliphatic carbocycles. The largest absolute Gasteiger partial charge is 0.317 e. The third-order valence-corrected chi connectivity index (χ3v) is 4.36. The van der Waals surface area contributed by atoms with E-state index in [0.29, 0.717) is 6.04 Å². The molecule has 2 rings (SSSR count). The van der Waals surface area contributed by atoms with Gasteiger partial charge in [-0.05, 0) is 62.6 Å². The van der Waals surface area contributed by atoms with Crippen LogP contribution in [-0.4, -0.2) is 13.1 Å². The Balaban J connectivity index is 2.07. The molecule has 17 heavy (non-hydrogen) atoms. The Morgan fingerprint density at radius 2 is 2.00 bits per heavy atom. The molecule has 0 aliphatic heterocycles. The van der Waals surface area contributed by atoms with Crippen molar-refractivity contribution in [3.63, 3.8) is 0 Å². The van der Waals surface area contributed by atoms with E-state index >= 15 is 0 Å². The zero-order valence-corrected chi connectivity index (χ0v) is 11.4. The fourth-order valence-electron chi connectivity index (χ4n) is 3.23. The van der Waals surface area contributed by atoms with Crippen LogP contribution in [-0.2, 0) is 6.42 Å². The first kappa shape index (κ1) is 12.6. The predicted molar refractivity (Wildman–Crippen MR) is 74.2 cm³/mol. The highest BCUT2D eigenvalue weighted by Gasteiger charge is 2.27. The Morgan fingerprint density at radius 3 is 2.71 bits per heavy atom. The third kappa shape index (κ3) is 3.10. The van der Waals surface area contributed by atoms with Crippen molar-refractivity contribution in [1.82, 2.24) is 5.32 Å². The first-order valence-electron chi connectivity index (χ1n) is 6.92. The van der Waals surface area contributed by atoms with Crippen molar-refractivity contribution in [2.24, 2.45) is 11.8 Å². The minimum absolute atomic E-state index is 0.714. The molecule has 1 aliphatic rings. The summed E-state index contributed by atoms with van der Waals surface area (Å²) in [5, 5.41) is 3.51. The third-order valence-electron chi connectivity index (χ3n) is 4.36. The molecule has 3 atom stereocenters. The molecule has 3 unspecified atom stereocenters. The zero-order valence-electron chi connectivity index (χ0n) is 11.4. The Bertz CT molecular complexity index is 358. The lowest BCUT2D eigenvalue weighted by Crippen LogP contribution is -2.39. The smallest absolute Gasteiger partial charge is 0.00957 e. The van der Waals surface area contributed by atoms with Crippen LogP contribution in [0.4, 0.5) is 0 Å². The monoisotopic (exact) mass is 231 g/mol. The van der Waals surface area contributed by atoms with Gasteiger partial charge in [0.05, 0.1) is 0 Å². The van der Waals surface area contributed by atoms with Crippen LogP contribution in [0.5, 0.6) is 0 Å². The van der Waals surface area contributed by atoms with Crippen LogP contribution in [0, 0.1) is 18.8 Å². The van der Waals surface area contributed by atoms with E-state index in [0.717, 1.165) is 11.8 Å². The molecule has 0 bridgehead atoms. The average molecular weight is 231 g/mol. The lowest BCUT2D eigenvalue weighted by atomic mass is 9.75. The van der Waals surface area contributed by atoms with Gasteiger partial charge in [-0.15, -0.1) is 0 Å². The topological polar surface area (TPSA) is 12.0 Å². The summed E-state index contributed by atoms with van der Waals surface area (Å²) in [5.74, 6) is 1.71. The summed E-state index contributed by atoms with van der Waals surface area (Å²) < 4.78 is 0. The van der Waals surface area contributed by atoms with Crippen LogP contribution in [0.3, 0.4) is 0 Å². The Kier molecular flexibility index (Phi) is 4.22. The van der Waals surface area contributed by atoms with Crippen molar-refractivity contribution < 1.29 is 0 Å². The van der Waals surface area contributed by atoms with Crippen molar-refractivity contribution in [3.05, 3.63) is 35.4 Å². The van der Waals surface area contributed by atoms with Crippen LogP contribution in [0.25, 0.3) is 0 Å². The number of nitrogens with one attached hydrogen (secondary N) is 1. The minimum atomic E-state index is 0.714. The number of benzene rings is 1. The van der Waals surface area contributed by atoms with E-state index in [2.05, 4.69) is 50.5 Å². The Morgan fingerprint density at radius 1 is 1.24 bits per heavy atom. The molecule has 0 amide bonds. The molecule has 0 heterocycles. The fraction of sp³-hybridized carbons (Fsp3) is 0.625. The number of rotatable bonds is 3. The second kappa shape index (κ2) is 5.68. The number of hydrogen-bond donors (Lipinski definition) is 1. The van der Waals surface area contributed by atoms with Crippen molar-refractivity contribution in [2.45, 2.75) is 45.6 Å². The zero-order chi connectivity index (χ0) is 12.3.